The van der Waals surface area contributed by atoms with E-state index in [2.05, 4.69) is 28.2 Å². The van der Waals surface area contributed by atoms with Gasteiger partial charge < -0.3 is 14.8 Å². The number of methoxy groups -OCH3 is 1. The fraction of sp³-hybridized carbons (Fsp3) is 0.571. The van der Waals surface area contributed by atoms with Crippen molar-refractivity contribution in [2.24, 2.45) is 0 Å². The molecule has 0 aromatic heterocycles. The lowest BCUT2D eigenvalue weighted by molar-refractivity contribution is 0.309. The first kappa shape index (κ1) is 18.3. The summed E-state index contributed by atoms with van der Waals surface area (Å²) in [5.41, 5.74) is 1.07. The van der Waals surface area contributed by atoms with E-state index < -0.39 is 9.84 Å². The molecule has 1 rings (SSSR count). The summed E-state index contributed by atoms with van der Waals surface area (Å²) in [6.45, 7) is 3.91. The molecule has 1 aromatic carbocycles. The Morgan fingerprint density at radius 1 is 1.33 bits per heavy atom. The van der Waals surface area contributed by atoms with Crippen molar-refractivity contribution >= 4 is 25.8 Å². The molecule has 0 radical (unpaired) electrons. The molecule has 7 heteroatoms. The predicted octanol–water partition coefficient (Wildman–Crippen LogP) is 2.38. The number of ether oxygens (including phenoxy) is 2. The molecule has 0 unspecified atom stereocenters. The van der Waals surface area contributed by atoms with E-state index >= 15 is 0 Å². The second kappa shape index (κ2) is 8.60. The molecule has 0 saturated carbocycles. The molecule has 21 heavy (non-hydrogen) atoms. The highest BCUT2D eigenvalue weighted by Crippen LogP contribution is 2.36. The van der Waals surface area contributed by atoms with Gasteiger partial charge in [0.05, 0.1) is 17.3 Å². The van der Waals surface area contributed by atoms with Crippen LogP contribution in [0.5, 0.6) is 11.5 Å². The highest BCUT2D eigenvalue weighted by atomic mass is 79.9. The van der Waals surface area contributed by atoms with Gasteiger partial charge in [0, 0.05) is 12.8 Å². The van der Waals surface area contributed by atoms with Crippen LogP contribution in [-0.4, -0.2) is 40.7 Å². The number of benzene rings is 1. The van der Waals surface area contributed by atoms with Gasteiger partial charge in [-0.15, -0.1) is 0 Å². The van der Waals surface area contributed by atoms with E-state index in [1.54, 1.807) is 7.11 Å². The largest absolute Gasteiger partial charge is 0.493 e. The van der Waals surface area contributed by atoms with Crippen LogP contribution in [0.2, 0.25) is 0 Å². The Bertz CT molecular complexity index is 560. The van der Waals surface area contributed by atoms with E-state index in [1.807, 2.05) is 12.1 Å². The zero-order valence-corrected chi connectivity index (χ0v) is 15.0. The molecule has 0 bridgehead atoms. The fourth-order valence-electron chi connectivity index (χ4n) is 1.72. The molecule has 120 valence electrons. The average molecular weight is 380 g/mol. The van der Waals surface area contributed by atoms with Crippen molar-refractivity contribution in [3.63, 3.8) is 0 Å². The maximum Gasteiger partial charge on any atom is 0.175 e. The fourth-order valence-corrected chi connectivity index (χ4v) is 2.71. The van der Waals surface area contributed by atoms with Crippen LogP contribution in [0.3, 0.4) is 0 Å². The number of halogens is 1. The lowest BCUT2D eigenvalue weighted by Gasteiger charge is -2.14. The number of nitrogens with one attached hydrogen (secondary N) is 1. The van der Waals surface area contributed by atoms with E-state index in [1.165, 1.54) is 6.26 Å². The molecule has 0 atom stereocenters. The predicted molar refractivity (Wildman–Crippen MR) is 87.9 cm³/mol. The smallest absolute Gasteiger partial charge is 0.175 e. The van der Waals surface area contributed by atoms with Gasteiger partial charge in [0.1, 0.15) is 6.61 Å². The molecule has 0 fully saturated rings. The third-order valence-corrected chi connectivity index (χ3v) is 4.24. The van der Waals surface area contributed by atoms with Crippen LogP contribution in [0, 0.1) is 0 Å². The van der Waals surface area contributed by atoms with Crippen molar-refractivity contribution in [3.05, 3.63) is 22.2 Å². The van der Waals surface area contributed by atoms with E-state index in [0.29, 0.717) is 11.5 Å². The van der Waals surface area contributed by atoms with Crippen LogP contribution in [0.4, 0.5) is 0 Å². The first-order valence-corrected chi connectivity index (χ1v) is 9.60. The maximum absolute atomic E-state index is 11.1. The Hall–Kier alpha value is -0.790. The number of rotatable bonds is 9. The zero-order valence-electron chi connectivity index (χ0n) is 12.6. The summed E-state index contributed by atoms with van der Waals surface area (Å²) in [7, 11) is -1.48. The van der Waals surface area contributed by atoms with E-state index in [9.17, 15) is 8.42 Å². The second-order valence-electron chi connectivity index (χ2n) is 4.76. The molecule has 1 aromatic rings. The van der Waals surface area contributed by atoms with E-state index in [-0.39, 0.29) is 12.4 Å². The molecule has 0 aliphatic heterocycles. The molecule has 1 N–H and O–H groups in total. The first-order valence-electron chi connectivity index (χ1n) is 6.75. The third kappa shape index (κ3) is 6.67. The van der Waals surface area contributed by atoms with Gasteiger partial charge in [-0.05, 0) is 46.6 Å². The highest BCUT2D eigenvalue weighted by Gasteiger charge is 2.13. The van der Waals surface area contributed by atoms with Gasteiger partial charge in [-0.25, -0.2) is 8.42 Å². The normalized spacial score (nSPS) is 11.4. The Balaban J connectivity index is 2.79. The van der Waals surface area contributed by atoms with Gasteiger partial charge >= 0.3 is 0 Å². The Labute approximate surface area is 135 Å². The van der Waals surface area contributed by atoms with Crippen molar-refractivity contribution in [1.82, 2.24) is 5.32 Å². The Kier molecular flexibility index (Phi) is 7.48. The van der Waals surface area contributed by atoms with Gasteiger partial charge in [-0.1, -0.05) is 6.92 Å². The SMILES string of the molecule is CCCNCc1cc(Br)c(OCCS(C)(=O)=O)c(OC)c1. The standard InChI is InChI=1S/C14H22BrNO4S/c1-4-5-16-10-11-8-12(15)14(13(9-11)19-2)20-6-7-21(3,17)18/h8-9,16H,4-7,10H2,1-3H3. The minimum absolute atomic E-state index is 0.0254. The molecule has 0 spiro atoms. The van der Waals surface area contributed by atoms with Crippen LogP contribution in [-0.2, 0) is 16.4 Å². The molecule has 0 amide bonds. The number of sulfone groups is 1. The minimum atomic E-state index is -3.04. The average Bonchev–Trinajstić information content (AvgIpc) is 2.39. The minimum Gasteiger partial charge on any atom is -0.493 e. The van der Waals surface area contributed by atoms with Crippen LogP contribution in [0.15, 0.2) is 16.6 Å². The summed E-state index contributed by atoms with van der Waals surface area (Å²) in [4.78, 5) is 0. The van der Waals surface area contributed by atoms with Crippen LogP contribution in [0.25, 0.3) is 0 Å². The topological polar surface area (TPSA) is 64.6 Å². The second-order valence-corrected chi connectivity index (χ2v) is 7.88. The molecule has 5 nitrogen and oxygen atoms in total. The maximum atomic E-state index is 11.1. The Morgan fingerprint density at radius 3 is 2.62 bits per heavy atom. The van der Waals surface area contributed by atoms with Gasteiger partial charge in [0.25, 0.3) is 0 Å². The van der Waals surface area contributed by atoms with Crippen molar-refractivity contribution in [3.8, 4) is 11.5 Å². The van der Waals surface area contributed by atoms with Crippen LogP contribution in [0.1, 0.15) is 18.9 Å². The lowest BCUT2D eigenvalue weighted by Crippen LogP contribution is -2.15. The quantitative estimate of drug-likeness (QED) is 0.667. The monoisotopic (exact) mass is 379 g/mol. The summed E-state index contributed by atoms with van der Waals surface area (Å²) >= 11 is 3.45. The van der Waals surface area contributed by atoms with E-state index in [4.69, 9.17) is 9.47 Å². The van der Waals surface area contributed by atoms with Gasteiger partial charge in [-0.2, -0.15) is 0 Å². The summed E-state index contributed by atoms with van der Waals surface area (Å²) in [5.74, 6) is 1.09. The van der Waals surface area contributed by atoms with Crippen LogP contribution < -0.4 is 14.8 Å². The summed E-state index contributed by atoms with van der Waals surface area (Å²) in [5, 5.41) is 3.32. The van der Waals surface area contributed by atoms with Gasteiger partial charge in [0.15, 0.2) is 21.3 Å². The van der Waals surface area contributed by atoms with E-state index in [0.717, 1.165) is 29.5 Å². The van der Waals surface area contributed by atoms with Crippen LogP contribution >= 0.6 is 15.9 Å². The molecule has 0 aliphatic rings. The first-order chi connectivity index (χ1) is 9.87. The van der Waals surface area contributed by atoms with Crippen molar-refractivity contribution in [1.29, 1.82) is 0 Å². The van der Waals surface area contributed by atoms with Crippen molar-refractivity contribution < 1.29 is 17.9 Å². The van der Waals surface area contributed by atoms with Gasteiger partial charge in [0.2, 0.25) is 0 Å². The zero-order chi connectivity index (χ0) is 15.9. The van der Waals surface area contributed by atoms with Gasteiger partial charge in [-0.3, -0.25) is 0 Å². The van der Waals surface area contributed by atoms with Crippen molar-refractivity contribution in [2.75, 3.05) is 32.3 Å². The number of hydrogen-bond acceptors (Lipinski definition) is 5. The molecular weight excluding hydrogens is 358 g/mol. The lowest BCUT2D eigenvalue weighted by atomic mass is 10.2. The Morgan fingerprint density at radius 2 is 2.05 bits per heavy atom. The molecule has 0 heterocycles. The molecule has 0 saturated heterocycles. The van der Waals surface area contributed by atoms with Crippen molar-refractivity contribution in [2.45, 2.75) is 19.9 Å². The summed E-state index contributed by atoms with van der Waals surface area (Å²) < 4.78 is 33.9. The third-order valence-electron chi connectivity index (χ3n) is 2.75. The molecule has 0 aliphatic carbocycles. The number of hydrogen-bond donors (Lipinski definition) is 1. The highest BCUT2D eigenvalue weighted by molar-refractivity contribution is 9.10. The summed E-state index contributed by atoms with van der Waals surface area (Å²) in [6, 6.07) is 3.84. The molecular formula is C14H22BrNO4S. The summed E-state index contributed by atoms with van der Waals surface area (Å²) in [6.07, 6.45) is 2.26.